The fourth-order valence-corrected chi connectivity index (χ4v) is 4.20. The third kappa shape index (κ3) is 10.3. The van der Waals surface area contributed by atoms with E-state index in [9.17, 15) is 14.4 Å². The van der Waals surface area contributed by atoms with Crippen molar-refractivity contribution in [2.24, 2.45) is 0 Å². The summed E-state index contributed by atoms with van der Waals surface area (Å²) in [6, 6.07) is 17.2. The Morgan fingerprint density at radius 3 is 2.15 bits per heavy atom. The van der Waals surface area contributed by atoms with Gasteiger partial charge in [0.2, 0.25) is 0 Å². The Bertz CT molecular complexity index is 897. The molecule has 3 atom stereocenters. The lowest BCUT2D eigenvalue weighted by atomic mass is 10.1. The van der Waals surface area contributed by atoms with Gasteiger partial charge in [-0.25, -0.2) is 4.79 Å². The van der Waals surface area contributed by atoms with Gasteiger partial charge in [-0.2, -0.15) is 11.8 Å². The molecule has 0 saturated heterocycles. The predicted molar refractivity (Wildman–Crippen MR) is 132 cm³/mol. The van der Waals surface area contributed by atoms with Crippen LogP contribution in [0.4, 0.5) is 4.79 Å². The molecule has 2 aromatic carbocycles. The Labute approximate surface area is 204 Å². The monoisotopic (exact) mass is 488 g/mol. The van der Waals surface area contributed by atoms with Crippen LogP contribution in [0.3, 0.4) is 0 Å². The van der Waals surface area contributed by atoms with Crippen LogP contribution in [0, 0.1) is 0 Å². The number of aliphatic carboxylic acids is 1. The van der Waals surface area contributed by atoms with Gasteiger partial charge in [-0.15, -0.1) is 0 Å². The molecule has 2 unspecified atom stereocenters. The molecule has 34 heavy (non-hydrogen) atoms. The summed E-state index contributed by atoms with van der Waals surface area (Å²) in [5, 5.41) is 14.9. The van der Waals surface area contributed by atoms with Gasteiger partial charge in [0.25, 0.3) is 0 Å². The van der Waals surface area contributed by atoms with E-state index < -0.39 is 30.1 Å². The number of alkyl carbamates (subject to hydrolysis) is 1. The lowest BCUT2D eigenvalue weighted by Crippen LogP contribution is -2.48. The number of ether oxygens (including phenoxy) is 2. The SMILES string of the molecule is CCOC(=O)[C@H](CSCC(Cc1ccccc1)NC(=O)OCc1ccccc1)NC(C)C(=O)O. The Hall–Kier alpha value is -3.04. The molecule has 0 spiro atoms. The number of carboxylic acid groups (broad SMARTS) is 1. The summed E-state index contributed by atoms with van der Waals surface area (Å²) in [7, 11) is 0. The second-order valence-electron chi connectivity index (χ2n) is 7.66. The fraction of sp³-hybridized carbons (Fsp3) is 0.400. The molecule has 2 rings (SSSR count). The highest BCUT2D eigenvalue weighted by molar-refractivity contribution is 7.99. The summed E-state index contributed by atoms with van der Waals surface area (Å²) >= 11 is 1.43. The standard InChI is InChI=1S/C25H32N2O6S/c1-3-32-24(30)22(26-18(2)23(28)29)17-34-16-21(14-19-10-6-4-7-11-19)27-25(31)33-15-20-12-8-5-9-13-20/h4-13,18,21-22,26H,3,14-17H2,1-2H3,(H,27,31)(H,28,29)/t18?,21?,22-/m0/s1. The molecule has 0 radical (unpaired) electrons. The first kappa shape index (κ1) is 27.2. The van der Waals surface area contributed by atoms with Crippen LogP contribution < -0.4 is 10.6 Å². The number of thioether (sulfide) groups is 1. The van der Waals surface area contributed by atoms with E-state index in [1.54, 1.807) is 6.92 Å². The number of carbonyl (C=O) groups is 3. The first-order chi connectivity index (χ1) is 16.4. The van der Waals surface area contributed by atoms with Crippen LogP contribution in [0.2, 0.25) is 0 Å². The lowest BCUT2D eigenvalue weighted by molar-refractivity contribution is -0.146. The van der Waals surface area contributed by atoms with Crippen molar-refractivity contribution in [3.05, 3.63) is 71.8 Å². The summed E-state index contributed by atoms with van der Waals surface area (Å²) < 4.78 is 10.4. The molecule has 0 aliphatic heterocycles. The number of benzene rings is 2. The highest BCUT2D eigenvalue weighted by Crippen LogP contribution is 2.12. The van der Waals surface area contributed by atoms with E-state index in [-0.39, 0.29) is 19.3 Å². The van der Waals surface area contributed by atoms with Crippen molar-refractivity contribution in [1.29, 1.82) is 0 Å². The van der Waals surface area contributed by atoms with Gasteiger partial charge in [-0.05, 0) is 31.4 Å². The summed E-state index contributed by atoms with van der Waals surface area (Å²) in [4.78, 5) is 35.9. The van der Waals surface area contributed by atoms with Gasteiger partial charge in [0.1, 0.15) is 18.7 Å². The molecular formula is C25H32N2O6S. The van der Waals surface area contributed by atoms with Gasteiger partial charge in [0.05, 0.1) is 6.61 Å². The number of nitrogens with one attached hydrogen (secondary N) is 2. The van der Waals surface area contributed by atoms with Crippen LogP contribution in [-0.2, 0) is 32.1 Å². The summed E-state index contributed by atoms with van der Waals surface area (Å²) in [6.45, 7) is 3.54. The number of esters is 1. The maximum absolute atomic E-state index is 12.4. The predicted octanol–water partition coefficient (Wildman–Crippen LogP) is 3.25. The van der Waals surface area contributed by atoms with E-state index in [2.05, 4.69) is 10.6 Å². The number of rotatable bonds is 14. The Kier molecular flexibility index (Phi) is 12.0. The summed E-state index contributed by atoms with van der Waals surface area (Å²) in [5.74, 6) is -0.765. The van der Waals surface area contributed by atoms with E-state index in [0.29, 0.717) is 17.9 Å². The summed E-state index contributed by atoms with van der Waals surface area (Å²) in [6.07, 6.45) is 0.0575. The van der Waals surface area contributed by atoms with E-state index in [0.717, 1.165) is 11.1 Å². The van der Waals surface area contributed by atoms with Crippen LogP contribution >= 0.6 is 11.8 Å². The molecule has 0 heterocycles. The van der Waals surface area contributed by atoms with Crippen molar-refractivity contribution >= 4 is 29.8 Å². The van der Waals surface area contributed by atoms with Crippen molar-refractivity contribution in [1.82, 2.24) is 10.6 Å². The average molecular weight is 489 g/mol. The molecule has 0 saturated carbocycles. The quantitative estimate of drug-likeness (QED) is 0.347. The van der Waals surface area contributed by atoms with Crippen molar-refractivity contribution < 1.29 is 29.0 Å². The minimum atomic E-state index is -1.05. The molecular weight excluding hydrogens is 456 g/mol. The van der Waals surface area contributed by atoms with E-state index >= 15 is 0 Å². The highest BCUT2D eigenvalue weighted by Gasteiger charge is 2.25. The van der Waals surface area contributed by atoms with Crippen LogP contribution in [0.5, 0.6) is 0 Å². The molecule has 2 aromatic rings. The second-order valence-corrected chi connectivity index (χ2v) is 8.74. The number of hydrogen-bond donors (Lipinski definition) is 3. The molecule has 8 nitrogen and oxygen atoms in total. The topological polar surface area (TPSA) is 114 Å². The van der Waals surface area contributed by atoms with Crippen LogP contribution in [0.1, 0.15) is 25.0 Å². The third-order valence-electron chi connectivity index (χ3n) is 4.86. The van der Waals surface area contributed by atoms with Gasteiger partial charge < -0.3 is 19.9 Å². The Balaban J connectivity index is 1.96. The number of carbonyl (C=O) groups excluding carboxylic acids is 2. The third-order valence-corrected chi connectivity index (χ3v) is 6.06. The van der Waals surface area contributed by atoms with Gasteiger partial charge in [-0.3, -0.25) is 14.9 Å². The van der Waals surface area contributed by atoms with Gasteiger partial charge in [0.15, 0.2) is 0 Å². The minimum absolute atomic E-state index is 0.166. The van der Waals surface area contributed by atoms with E-state index in [1.807, 2.05) is 60.7 Å². The normalized spacial score (nSPS) is 13.4. The zero-order valence-electron chi connectivity index (χ0n) is 19.4. The number of amides is 1. The van der Waals surface area contributed by atoms with E-state index in [1.165, 1.54) is 18.7 Å². The second kappa shape index (κ2) is 15.0. The lowest BCUT2D eigenvalue weighted by Gasteiger charge is -2.22. The molecule has 3 N–H and O–H groups in total. The molecule has 1 amide bonds. The van der Waals surface area contributed by atoms with Gasteiger partial charge in [-0.1, -0.05) is 60.7 Å². The fourth-order valence-electron chi connectivity index (χ4n) is 3.11. The molecule has 0 aliphatic rings. The first-order valence-corrected chi connectivity index (χ1v) is 12.3. The zero-order chi connectivity index (χ0) is 24.8. The largest absolute Gasteiger partial charge is 0.480 e. The average Bonchev–Trinajstić information content (AvgIpc) is 2.83. The number of carboxylic acids is 1. The first-order valence-electron chi connectivity index (χ1n) is 11.1. The molecule has 0 bridgehead atoms. The molecule has 184 valence electrons. The van der Waals surface area contributed by atoms with Crippen molar-refractivity contribution in [3.8, 4) is 0 Å². The van der Waals surface area contributed by atoms with Crippen LogP contribution in [0.25, 0.3) is 0 Å². The zero-order valence-corrected chi connectivity index (χ0v) is 20.3. The Morgan fingerprint density at radius 1 is 0.941 bits per heavy atom. The maximum Gasteiger partial charge on any atom is 0.407 e. The Morgan fingerprint density at radius 2 is 1.56 bits per heavy atom. The maximum atomic E-state index is 12.4. The molecule has 9 heteroatoms. The summed E-state index contributed by atoms with van der Waals surface area (Å²) in [5.41, 5.74) is 1.94. The van der Waals surface area contributed by atoms with Gasteiger partial charge in [0, 0.05) is 17.5 Å². The minimum Gasteiger partial charge on any atom is -0.480 e. The van der Waals surface area contributed by atoms with Gasteiger partial charge >= 0.3 is 18.0 Å². The molecule has 0 fully saturated rings. The van der Waals surface area contributed by atoms with E-state index in [4.69, 9.17) is 14.6 Å². The van der Waals surface area contributed by atoms with Crippen molar-refractivity contribution in [2.45, 2.75) is 45.0 Å². The van der Waals surface area contributed by atoms with Crippen LogP contribution in [-0.4, -0.2) is 59.4 Å². The highest BCUT2D eigenvalue weighted by atomic mass is 32.2. The number of hydrogen-bond acceptors (Lipinski definition) is 7. The molecule has 0 aromatic heterocycles. The van der Waals surface area contributed by atoms with Crippen molar-refractivity contribution in [2.75, 3.05) is 18.1 Å². The van der Waals surface area contributed by atoms with Crippen LogP contribution in [0.15, 0.2) is 60.7 Å². The molecule has 0 aliphatic carbocycles. The van der Waals surface area contributed by atoms with Crippen molar-refractivity contribution in [3.63, 3.8) is 0 Å². The smallest absolute Gasteiger partial charge is 0.407 e.